The van der Waals surface area contributed by atoms with Crippen LogP contribution in [0.25, 0.3) is 0 Å². The second-order valence-corrected chi connectivity index (χ2v) is 2.61. The van der Waals surface area contributed by atoms with Crippen LogP contribution in [-0.4, -0.2) is 12.5 Å². The summed E-state index contributed by atoms with van der Waals surface area (Å²) in [6.07, 6.45) is 1.79. The summed E-state index contributed by atoms with van der Waals surface area (Å²) in [4.78, 5) is 11.1. The van der Waals surface area contributed by atoms with Crippen LogP contribution in [0.15, 0.2) is 23.8 Å². The van der Waals surface area contributed by atoms with E-state index in [4.69, 9.17) is 0 Å². The van der Waals surface area contributed by atoms with Crippen LogP contribution in [0.4, 0.5) is 0 Å². The molecule has 0 aromatic carbocycles. The molecule has 0 aromatic heterocycles. The van der Waals surface area contributed by atoms with Crippen molar-refractivity contribution in [3.8, 4) is 0 Å². The maximum absolute atomic E-state index is 11.1. The molecule has 0 unspecified atom stereocenters. The molecule has 0 radical (unpaired) electrons. The first-order valence-electron chi connectivity index (χ1n) is 3.63. The van der Waals surface area contributed by atoms with Crippen LogP contribution in [-0.2, 0) is 4.79 Å². The SMILES string of the molecule is C=C(C)CNC(=O)/C(C)=C\C. The third-order valence-electron chi connectivity index (χ3n) is 1.34. The van der Waals surface area contributed by atoms with Gasteiger partial charge in [-0.2, -0.15) is 0 Å². The predicted octanol–water partition coefficient (Wildman–Crippen LogP) is 1.64. The van der Waals surface area contributed by atoms with Crippen molar-refractivity contribution < 1.29 is 4.79 Å². The Labute approximate surface area is 68.0 Å². The minimum atomic E-state index is -0.0181. The van der Waals surface area contributed by atoms with Crippen molar-refractivity contribution in [2.24, 2.45) is 0 Å². The summed E-state index contributed by atoms with van der Waals surface area (Å²) in [5.74, 6) is -0.0181. The van der Waals surface area contributed by atoms with E-state index in [0.717, 1.165) is 11.1 Å². The molecular weight excluding hydrogens is 138 g/mol. The van der Waals surface area contributed by atoms with Gasteiger partial charge in [-0.25, -0.2) is 0 Å². The largest absolute Gasteiger partial charge is 0.349 e. The highest BCUT2D eigenvalue weighted by molar-refractivity contribution is 5.92. The lowest BCUT2D eigenvalue weighted by Gasteiger charge is -2.03. The average molecular weight is 153 g/mol. The first-order valence-corrected chi connectivity index (χ1v) is 3.63. The Morgan fingerprint density at radius 1 is 1.55 bits per heavy atom. The number of carbonyl (C=O) groups excluding carboxylic acids is 1. The molecule has 0 aliphatic rings. The molecule has 0 aliphatic heterocycles. The summed E-state index contributed by atoms with van der Waals surface area (Å²) < 4.78 is 0. The average Bonchev–Trinajstić information content (AvgIpc) is 1.98. The number of hydrogen-bond donors (Lipinski definition) is 1. The lowest BCUT2D eigenvalue weighted by Crippen LogP contribution is -2.25. The highest BCUT2D eigenvalue weighted by atomic mass is 16.1. The predicted molar refractivity (Wildman–Crippen MR) is 47.3 cm³/mol. The second-order valence-electron chi connectivity index (χ2n) is 2.61. The van der Waals surface area contributed by atoms with Gasteiger partial charge in [0.15, 0.2) is 0 Å². The molecule has 0 rings (SSSR count). The van der Waals surface area contributed by atoms with E-state index in [1.54, 1.807) is 13.0 Å². The summed E-state index contributed by atoms with van der Waals surface area (Å²) in [7, 11) is 0. The number of allylic oxidation sites excluding steroid dienone is 1. The smallest absolute Gasteiger partial charge is 0.246 e. The van der Waals surface area contributed by atoms with Crippen molar-refractivity contribution in [3.63, 3.8) is 0 Å². The molecule has 0 heterocycles. The number of rotatable bonds is 3. The van der Waals surface area contributed by atoms with Gasteiger partial charge in [0.05, 0.1) is 0 Å². The third kappa shape index (κ3) is 4.37. The maximum atomic E-state index is 11.1. The van der Waals surface area contributed by atoms with E-state index < -0.39 is 0 Å². The molecular formula is C9H15NO. The van der Waals surface area contributed by atoms with E-state index in [2.05, 4.69) is 11.9 Å². The monoisotopic (exact) mass is 153 g/mol. The van der Waals surface area contributed by atoms with Crippen molar-refractivity contribution in [2.45, 2.75) is 20.8 Å². The summed E-state index contributed by atoms with van der Waals surface area (Å²) in [5.41, 5.74) is 1.70. The molecule has 1 amide bonds. The number of nitrogens with one attached hydrogen (secondary N) is 1. The van der Waals surface area contributed by atoms with E-state index >= 15 is 0 Å². The highest BCUT2D eigenvalue weighted by Gasteiger charge is 1.99. The molecule has 0 saturated carbocycles. The van der Waals surface area contributed by atoms with Gasteiger partial charge in [0.1, 0.15) is 0 Å². The molecule has 0 saturated heterocycles. The van der Waals surface area contributed by atoms with Crippen LogP contribution in [0.2, 0.25) is 0 Å². The van der Waals surface area contributed by atoms with Crippen molar-refractivity contribution >= 4 is 5.91 Å². The summed E-state index contributed by atoms with van der Waals surface area (Å²) in [5, 5.41) is 2.73. The van der Waals surface area contributed by atoms with E-state index in [1.807, 2.05) is 13.8 Å². The van der Waals surface area contributed by atoms with Crippen molar-refractivity contribution in [1.82, 2.24) is 5.32 Å². The molecule has 0 atom stereocenters. The van der Waals surface area contributed by atoms with E-state index in [9.17, 15) is 4.79 Å². The number of hydrogen-bond acceptors (Lipinski definition) is 1. The van der Waals surface area contributed by atoms with Crippen LogP contribution < -0.4 is 5.32 Å². The normalized spacial score (nSPS) is 11.0. The molecule has 0 fully saturated rings. The molecule has 2 nitrogen and oxygen atoms in total. The topological polar surface area (TPSA) is 29.1 Å². The second kappa shape index (κ2) is 4.72. The van der Waals surface area contributed by atoms with E-state index in [1.165, 1.54) is 0 Å². The zero-order chi connectivity index (χ0) is 8.85. The number of amides is 1. The Balaban J connectivity index is 3.80. The van der Waals surface area contributed by atoms with Crippen LogP contribution >= 0.6 is 0 Å². The molecule has 2 heteroatoms. The fourth-order valence-corrected chi connectivity index (χ4v) is 0.502. The lowest BCUT2D eigenvalue weighted by atomic mass is 10.2. The quantitative estimate of drug-likeness (QED) is 0.484. The third-order valence-corrected chi connectivity index (χ3v) is 1.34. The molecule has 0 bridgehead atoms. The highest BCUT2D eigenvalue weighted by Crippen LogP contribution is 1.91. The standard InChI is InChI=1S/C9H15NO/c1-5-8(4)9(11)10-6-7(2)3/h5H,2,6H2,1,3-4H3,(H,10,11)/b8-5-. The zero-order valence-corrected chi connectivity index (χ0v) is 7.40. The minimum absolute atomic E-state index is 0.0181. The Morgan fingerprint density at radius 2 is 2.09 bits per heavy atom. The van der Waals surface area contributed by atoms with Gasteiger partial charge < -0.3 is 5.32 Å². The minimum Gasteiger partial charge on any atom is -0.349 e. The van der Waals surface area contributed by atoms with E-state index in [0.29, 0.717) is 6.54 Å². The molecule has 0 spiro atoms. The van der Waals surface area contributed by atoms with Gasteiger partial charge in [0.25, 0.3) is 0 Å². The summed E-state index contributed by atoms with van der Waals surface area (Å²) >= 11 is 0. The Hall–Kier alpha value is -1.05. The Bertz CT molecular complexity index is 192. The molecule has 1 N–H and O–H groups in total. The lowest BCUT2D eigenvalue weighted by molar-refractivity contribution is -0.117. The van der Waals surface area contributed by atoms with Crippen LogP contribution in [0.5, 0.6) is 0 Å². The van der Waals surface area contributed by atoms with E-state index in [-0.39, 0.29) is 5.91 Å². The zero-order valence-electron chi connectivity index (χ0n) is 7.40. The van der Waals surface area contributed by atoms with Gasteiger partial charge in [-0.05, 0) is 20.8 Å². The summed E-state index contributed by atoms with van der Waals surface area (Å²) in [6.45, 7) is 9.75. The van der Waals surface area contributed by atoms with Gasteiger partial charge in [-0.3, -0.25) is 4.79 Å². The molecule has 62 valence electrons. The van der Waals surface area contributed by atoms with Crippen molar-refractivity contribution in [1.29, 1.82) is 0 Å². The number of carbonyl (C=O) groups is 1. The van der Waals surface area contributed by atoms with Crippen molar-refractivity contribution in [3.05, 3.63) is 23.8 Å². The van der Waals surface area contributed by atoms with Gasteiger partial charge in [-0.1, -0.05) is 18.2 Å². The van der Waals surface area contributed by atoms with Gasteiger partial charge >= 0.3 is 0 Å². The summed E-state index contributed by atoms with van der Waals surface area (Å²) in [6, 6.07) is 0. The van der Waals surface area contributed by atoms with Gasteiger partial charge in [0, 0.05) is 12.1 Å². The fraction of sp³-hybridized carbons (Fsp3) is 0.444. The first kappa shape index (κ1) is 9.95. The van der Waals surface area contributed by atoms with Crippen molar-refractivity contribution in [2.75, 3.05) is 6.54 Å². The van der Waals surface area contributed by atoms with Gasteiger partial charge in [0.2, 0.25) is 5.91 Å². The molecule has 0 aliphatic carbocycles. The first-order chi connectivity index (χ1) is 5.07. The fourth-order valence-electron chi connectivity index (χ4n) is 0.502. The Morgan fingerprint density at radius 3 is 2.45 bits per heavy atom. The van der Waals surface area contributed by atoms with Gasteiger partial charge in [-0.15, -0.1) is 0 Å². The van der Waals surface area contributed by atoms with Crippen LogP contribution in [0.3, 0.4) is 0 Å². The van der Waals surface area contributed by atoms with Crippen LogP contribution in [0, 0.1) is 0 Å². The maximum Gasteiger partial charge on any atom is 0.246 e. The Kier molecular flexibility index (Phi) is 4.27. The molecule has 0 aromatic rings. The van der Waals surface area contributed by atoms with Crippen LogP contribution in [0.1, 0.15) is 20.8 Å². The molecule has 11 heavy (non-hydrogen) atoms.